The summed E-state index contributed by atoms with van der Waals surface area (Å²) in [5, 5.41) is 2.95. The van der Waals surface area contributed by atoms with Gasteiger partial charge in [0, 0.05) is 31.2 Å². The van der Waals surface area contributed by atoms with Gasteiger partial charge in [-0.1, -0.05) is 12.1 Å². The molecule has 5 nitrogen and oxygen atoms in total. The van der Waals surface area contributed by atoms with Gasteiger partial charge in [0.05, 0.1) is 5.75 Å². The Balaban J connectivity index is 1.46. The number of hydrogen-bond acceptors (Lipinski definition) is 5. The summed E-state index contributed by atoms with van der Waals surface area (Å²) < 4.78 is 11.1. The Kier molecular flexibility index (Phi) is 5.71. The summed E-state index contributed by atoms with van der Waals surface area (Å²) in [5.74, 6) is 1.89. The topological polar surface area (TPSA) is 50.8 Å². The molecule has 0 radical (unpaired) electrons. The summed E-state index contributed by atoms with van der Waals surface area (Å²) in [4.78, 5) is 15.1. The first kappa shape index (κ1) is 17.5. The van der Waals surface area contributed by atoms with Crippen molar-refractivity contribution in [1.82, 2.24) is 5.32 Å². The molecule has 0 saturated carbocycles. The zero-order valence-electron chi connectivity index (χ0n) is 14.5. The van der Waals surface area contributed by atoms with Crippen molar-refractivity contribution < 1.29 is 14.3 Å². The fraction of sp³-hybridized carbons (Fsp3) is 0.316. The predicted molar refractivity (Wildman–Crippen MR) is 101 cm³/mol. The number of ether oxygens (including phenoxy) is 2. The predicted octanol–water partition coefficient (Wildman–Crippen LogP) is 2.93. The fourth-order valence-corrected chi connectivity index (χ4v) is 3.18. The number of thioether (sulfide) groups is 1. The molecular weight excluding hydrogens is 336 g/mol. The molecule has 6 heteroatoms. The van der Waals surface area contributed by atoms with E-state index in [4.69, 9.17) is 9.47 Å². The van der Waals surface area contributed by atoms with Crippen LogP contribution in [0, 0.1) is 0 Å². The van der Waals surface area contributed by atoms with Crippen molar-refractivity contribution in [1.29, 1.82) is 0 Å². The Bertz CT molecular complexity index is 732. The van der Waals surface area contributed by atoms with E-state index in [0.717, 1.165) is 27.6 Å². The van der Waals surface area contributed by atoms with E-state index in [0.29, 0.717) is 25.5 Å². The van der Waals surface area contributed by atoms with E-state index < -0.39 is 0 Å². The summed E-state index contributed by atoms with van der Waals surface area (Å²) in [6, 6.07) is 13.9. The Labute approximate surface area is 152 Å². The first-order valence-corrected chi connectivity index (χ1v) is 9.16. The highest BCUT2D eigenvalue weighted by Crippen LogP contribution is 2.34. The van der Waals surface area contributed by atoms with Crippen molar-refractivity contribution >= 4 is 23.4 Å². The highest BCUT2D eigenvalue weighted by Gasteiger charge is 2.12. The average Bonchev–Trinajstić information content (AvgIpc) is 2.65. The zero-order chi connectivity index (χ0) is 17.6. The Morgan fingerprint density at radius 3 is 2.52 bits per heavy atom. The van der Waals surface area contributed by atoms with Gasteiger partial charge in [-0.25, -0.2) is 0 Å². The van der Waals surface area contributed by atoms with Crippen LogP contribution in [-0.4, -0.2) is 39.0 Å². The van der Waals surface area contributed by atoms with Crippen molar-refractivity contribution in [2.24, 2.45) is 0 Å². The van der Waals surface area contributed by atoms with E-state index in [9.17, 15) is 4.79 Å². The van der Waals surface area contributed by atoms with Crippen LogP contribution in [0.2, 0.25) is 0 Å². The molecule has 2 aromatic rings. The lowest BCUT2D eigenvalue weighted by Crippen LogP contribution is -2.24. The third-order valence-electron chi connectivity index (χ3n) is 3.83. The van der Waals surface area contributed by atoms with Gasteiger partial charge in [-0.3, -0.25) is 4.79 Å². The standard InChI is InChI=1S/C19H22N2O3S/c1-21(2)15-5-3-14(4-6-15)12-20-19(22)13-25-16-7-8-17-18(11-16)24-10-9-23-17/h3-8,11H,9-10,12-13H2,1-2H3,(H,20,22). The maximum absolute atomic E-state index is 12.1. The number of hydrogen-bond donors (Lipinski definition) is 1. The number of nitrogens with zero attached hydrogens (tertiary/aromatic N) is 1. The average molecular weight is 358 g/mol. The number of amides is 1. The number of carbonyl (C=O) groups is 1. The van der Waals surface area contributed by atoms with E-state index in [2.05, 4.69) is 5.32 Å². The molecule has 3 rings (SSSR count). The van der Waals surface area contributed by atoms with Gasteiger partial charge in [0.1, 0.15) is 13.2 Å². The maximum atomic E-state index is 12.1. The number of anilines is 1. The van der Waals surface area contributed by atoms with Crippen LogP contribution in [0.25, 0.3) is 0 Å². The van der Waals surface area contributed by atoms with E-state index in [-0.39, 0.29) is 5.91 Å². The van der Waals surface area contributed by atoms with Gasteiger partial charge in [0.25, 0.3) is 0 Å². The molecule has 1 heterocycles. The molecule has 25 heavy (non-hydrogen) atoms. The van der Waals surface area contributed by atoms with Gasteiger partial charge in [0.2, 0.25) is 5.91 Å². The minimum Gasteiger partial charge on any atom is -0.486 e. The molecule has 0 spiro atoms. The molecule has 0 atom stereocenters. The third-order valence-corrected chi connectivity index (χ3v) is 4.82. The highest BCUT2D eigenvalue weighted by molar-refractivity contribution is 8.00. The molecule has 0 fully saturated rings. The Morgan fingerprint density at radius 2 is 1.80 bits per heavy atom. The highest BCUT2D eigenvalue weighted by atomic mass is 32.2. The number of benzene rings is 2. The molecule has 1 N–H and O–H groups in total. The van der Waals surface area contributed by atoms with Crippen LogP contribution < -0.4 is 19.7 Å². The van der Waals surface area contributed by atoms with Crippen molar-refractivity contribution in [2.45, 2.75) is 11.4 Å². The summed E-state index contributed by atoms with van der Waals surface area (Å²) in [5.41, 5.74) is 2.23. The maximum Gasteiger partial charge on any atom is 0.230 e. The van der Waals surface area contributed by atoms with Gasteiger partial charge < -0.3 is 19.7 Å². The number of rotatable bonds is 6. The lowest BCUT2D eigenvalue weighted by molar-refractivity contribution is -0.118. The number of carbonyl (C=O) groups excluding carboxylic acids is 1. The normalized spacial score (nSPS) is 12.6. The monoisotopic (exact) mass is 358 g/mol. The van der Waals surface area contributed by atoms with Crippen LogP contribution in [-0.2, 0) is 11.3 Å². The van der Waals surface area contributed by atoms with Crippen LogP contribution in [0.1, 0.15) is 5.56 Å². The molecule has 132 valence electrons. The number of nitrogens with one attached hydrogen (secondary N) is 1. The summed E-state index contributed by atoms with van der Waals surface area (Å²) in [6.45, 7) is 1.68. The molecule has 1 aliphatic heterocycles. The first-order chi connectivity index (χ1) is 12.1. The molecular formula is C19H22N2O3S. The van der Waals surface area contributed by atoms with Gasteiger partial charge in [-0.15, -0.1) is 11.8 Å². The minimum atomic E-state index is 0.0107. The van der Waals surface area contributed by atoms with Gasteiger partial charge in [-0.2, -0.15) is 0 Å². The van der Waals surface area contributed by atoms with E-state index in [1.54, 1.807) is 0 Å². The van der Waals surface area contributed by atoms with Crippen LogP contribution in [0.5, 0.6) is 11.5 Å². The molecule has 0 saturated heterocycles. The summed E-state index contributed by atoms with van der Waals surface area (Å²) in [6.07, 6.45) is 0. The van der Waals surface area contributed by atoms with Crippen molar-refractivity contribution in [3.63, 3.8) is 0 Å². The molecule has 1 aliphatic rings. The van der Waals surface area contributed by atoms with E-state index >= 15 is 0 Å². The third kappa shape index (κ3) is 4.82. The second kappa shape index (κ2) is 8.16. The first-order valence-electron chi connectivity index (χ1n) is 8.17. The minimum absolute atomic E-state index is 0.0107. The van der Waals surface area contributed by atoms with Crippen molar-refractivity contribution in [2.75, 3.05) is 38.0 Å². The summed E-state index contributed by atoms with van der Waals surface area (Å²) >= 11 is 1.49. The molecule has 0 unspecified atom stereocenters. The summed E-state index contributed by atoms with van der Waals surface area (Å²) in [7, 11) is 4.01. The van der Waals surface area contributed by atoms with E-state index in [1.165, 1.54) is 11.8 Å². The Morgan fingerprint density at radius 1 is 1.08 bits per heavy atom. The van der Waals surface area contributed by atoms with E-state index in [1.807, 2.05) is 61.5 Å². The second-order valence-corrected chi connectivity index (χ2v) is 6.98. The number of fused-ring (bicyclic) bond motifs is 1. The van der Waals surface area contributed by atoms with Crippen LogP contribution in [0.15, 0.2) is 47.4 Å². The molecule has 0 aromatic heterocycles. The molecule has 1 amide bonds. The smallest absolute Gasteiger partial charge is 0.230 e. The second-order valence-electron chi connectivity index (χ2n) is 5.93. The lowest BCUT2D eigenvalue weighted by Gasteiger charge is -2.18. The molecule has 0 bridgehead atoms. The SMILES string of the molecule is CN(C)c1ccc(CNC(=O)CSc2ccc3c(c2)OCCO3)cc1. The zero-order valence-corrected chi connectivity index (χ0v) is 15.3. The molecule has 0 aliphatic carbocycles. The van der Waals surface area contributed by atoms with Crippen LogP contribution >= 0.6 is 11.8 Å². The van der Waals surface area contributed by atoms with Gasteiger partial charge in [0.15, 0.2) is 11.5 Å². The Hall–Kier alpha value is -2.34. The quantitative estimate of drug-likeness (QED) is 0.805. The fourth-order valence-electron chi connectivity index (χ4n) is 2.43. The van der Waals surface area contributed by atoms with Crippen LogP contribution in [0.4, 0.5) is 5.69 Å². The van der Waals surface area contributed by atoms with Crippen molar-refractivity contribution in [3.8, 4) is 11.5 Å². The van der Waals surface area contributed by atoms with Gasteiger partial charge >= 0.3 is 0 Å². The van der Waals surface area contributed by atoms with Crippen LogP contribution in [0.3, 0.4) is 0 Å². The molecule has 2 aromatic carbocycles. The van der Waals surface area contributed by atoms with Crippen molar-refractivity contribution in [3.05, 3.63) is 48.0 Å². The van der Waals surface area contributed by atoms with Gasteiger partial charge in [-0.05, 0) is 35.9 Å². The lowest BCUT2D eigenvalue weighted by atomic mass is 10.2. The largest absolute Gasteiger partial charge is 0.486 e.